The van der Waals surface area contributed by atoms with Gasteiger partial charge in [0.2, 0.25) is 0 Å². The van der Waals surface area contributed by atoms with Crippen molar-refractivity contribution in [3.63, 3.8) is 0 Å². The lowest BCUT2D eigenvalue weighted by molar-refractivity contribution is 0.407. The maximum Gasteiger partial charge on any atom is 0.150 e. The first-order valence-corrected chi connectivity index (χ1v) is 7.27. The normalized spacial score (nSPS) is 12.1. The van der Waals surface area contributed by atoms with Crippen molar-refractivity contribution in [1.29, 1.82) is 0 Å². The molecular formula is C16H16BrF2NO. The molecular weight excluding hydrogens is 340 g/mol. The average molecular weight is 356 g/mol. The minimum Gasteiger partial charge on any atom is -0.496 e. The van der Waals surface area contributed by atoms with E-state index in [2.05, 4.69) is 21.2 Å². The highest BCUT2D eigenvalue weighted by Crippen LogP contribution is 2.33. The van der Waals surface area contributed by atoms with Crippen molar-refractivity contribution in [2.24, 2.45) is 0 Å². The van der Waals surface area contributed by atoms with Crippen molar-refractivity contribution in [1.82, 2.24) is 0 Å². The van der Waals surface area contributed by atoms with Gasteiger partial charge in [0, 0.05) is 16.1 Å². The fraction of sp³-hybridized carbons (Fsp3) is 0.250. The summed E-state index contributed by atoms with van der Waals surface area (Å²) in [5.41, 5.74) is 2.22. The topological polar surface area (TPSA) is 21.3 Å². The van der Waals surface area contributed by atoms with E-state index in [1.54, 1.807) is 7.11 Å². The molecule has 0 fully saturated rings. The quantitative estimate of drug-likeness (QED) is 0.811. The molecule has 0 amide bonds. The Hall–Kier alpha value is -1.62. The van der Waals surface area contributed by atoms with E-state index in [1.807, 2.05) is 32.0 Å². The first-order valence-electron chi connectivity index (χ1n) is 6.48. The monoisotopic (exact) mass is 355 g/mol. The number of ether oxygens (including phenoxy) is 1. The van der Waals surface area contributed by atoms with E-state index in [-0.39, 0.29) is 11.7 Å². The first kappa shape index (κ1) is 15.8. The largest absolute Gasteiger partial charge is 0.496 e. The molecule has 2 nitrogen and oxygen atoms in total. The van der Waals surface area contributed by atoms with Crippen LogP contribution in [0, 0.1) is 18.6 Å². The Labute approximate surface area is 131 Å². The number of anilines is 1. The van der Waals surface area contributed by atoms with Gasteiger partial charge in [0.25, 0.3) is 0 Å². The molecule has 2 aromatic rings. The lowest BCUT2D eigenvalue weighted by Gasteiger charge is -2.20. The second-order valence-corrected chi connectivity index (χ2v) is 5.71. The lowest BCUT2D eigenvalue weighted by Crippen LogP contribution is -2.10. The summed E-state index contributed by atoms with van der Waals surface area (Å²) in [6.07, 6.45) is 0. The van der Waals surface area contributed by atoms with Crippen LogP contribution in [-0.4, -0.2) is 7.11 Å². The van der Waals surface area contributed by atoms with Crippen LogP contribution in [0.1, 0.15) is 24.1 Å². The van der Waals surface area contributed by atoms with Gasteiger partial charge >= 0.3 is 0 Å². The zero-order valence-electron chi connectivity index (χ0n) is 12.0. The molecule has 0 spiro atoms. The van der Waals surface area contributed by atoms with E-state index < -0.39 is 11.6 Å². The van der Waals surface area contributed by atoms with Crippen molar-refractivity contribution in [3.05, 3.63) is 57.6 Å². The summed E-state index contributed by atoms with van der Waals surface area (Å²) in [5.74, 6) is -0.537. The predicted octanol–water partition coefficient (Wildman–Crippen LogP) is 5.22. The average Bonchev–Trinajstić information content (AvgIpc) is 2.42. The van der Waals surface area contributed by atoms with Crippen LogP contribution in [0.5, 0.6) is 5.75 Å². The molecule has 2 aromatic carbocycles. The molecule has 0 bridgehead atoms. The molecule has 0 aliphatic carbocycles. The molecule has 0 aromatic heterocycles. The summed E-state index contributed by atoms with van der Waals surface area (Å²) < 4.78 is 32.7. The highest BCUT2D eigenvalue weighted by Gasteiger charge is 2.16. The fourth-order valence-electron chi connectivity index (χ4n) is 2.17. The molecule has 0 radical (unpaired) electrons. The third kappa shape index (κ3) is 3.53. The molecule has 0 saturated carbocycles. The van der Waals surface area contributed by atoms with E-state index in [0.717, 1.165) is 22.9 Å². The number of benzene rings is 2. The number of halogens is 3. The zero-order valence-corrected chi connectivity index (χ0v) is 13.6. The molecule has 1 N–H and O–H groups in total. The zero-order chi connectivity index (χ0) is 15.6. The summed E-state index contributed by atoms with van der Waals surface area (Å²) in [5, 5.41) is 3.06. The van der Waals surface area contributed by atoms with Crippen molar-refractivity contribution >= 4 is 21.6 Å². The number of nitrogens with one attached hydrogen (secondary N) is 1. The number of hydrogen-bond donors (Lipinski definition) is 1. The van der Waals surface area contributed by atoms with Gasteiger partial charge in [-0.15, -0.1) is 0 Å². The van der Waals surface area contributed by atoms with Gasteiger partial charge < -0.3 is 10.1 Å². The Kier molecular flexibility index (Phi) is 4.83. The Balaban J connectivity index is 2.34. The van der Waals surface area contributed by atoms with Gasteiger partial charge in [0.1, 0.15) is 17.4 Å². The number of aryl methyl sites for hydroxylation is 1. The van der Waals surface area contributed by atoms with Crippen LogP contribution in [-0.2, 0) is 0 Å². The summed E-state index contributed by atoms with van der Waals surface area (Å²) in [7, 11) is 1.59. The Morgan fingerprint density at radius 1 is 1.19 bits per heavy atom. The van der Waals surface area contributed by atoms with Gasteiger partial charge in [0.05, 0.1) is 18.8 Å². The van der Waals surface area contributed by atoms with E-state index in [9.17, 15) is 8.78 Å². The van der Waals surface area contributed by atoms with Gasteiger partial charge in [-0.2, -0.15) is 0 Å². The molecule has 5 heteroatoms. The molecule has 2 rings (SSSR count). The van der Waals surface area contributed by atoms with Gasteiger partial charge in [-0.1, -0.05) is 17.7 Å². The van der Waals surface area contributed by atoms with E-state index in [1.165, 1.54) is 6.07 Å². The van der Waals surface area contributed by atoms with Gasteiger partial charge in [-0.25, -0.2) is 8.78 Å². The van der Waals surface area contributed by atoms with Gasteiger partial charge in [0.15, 0.2) is 0 Å². The van der Waals surface area contributed by atoms with E-state index in [0.29, 0.717) is 4.47 Å². The second-order valence-electron chi connectivity index (χ2n) is 4.86. The molecule has 0 aliphatic heterocycles. The third-order valence-electron chi connectivity index (χ3n) is 3.22. The molecule has 112 valence electrons. The van der Waals surface area contributed by atoms with Crippen LogP contribution >= 0.6 is 15.9 Å². The van der Waals surface area contributed by atoms with Crippen LogP contribution < -0.4 is 10.1 Å². The van der Waals surface area contributed by atoms with Crippen molar-refractivity contribution in [3.8, 4) is 5.75 Å². The van der Waals surface area contributed by atoms with Crippen molar-refractivity contribution in [2.45, 2.75) is 19.9 Å². The summed E-state index contributed by atoms with van der Waals surface area (Å²) in [6.45, 7) is 3.87. The lowest BCUT2D eigenvalue weighted by atomic mass is 10.0. The maximum absolute atomic E-state index is 13.9. The molecule has 1 unspecified atom stereocenters. The standard InChI is InChI=1S/C16H16BrF2NO/c1-9-4-5-15(21-3)12(6-9)10(2)20-16-13(17)7-11(18)8-14(16)19/h4-8,10,20H,1-3H3. The highest BCUT2D eigenvalue weighted by molar-refractivity contribution is 9.10. The van der Waals surface area contributed by atoms with Crippen molar-refractivity contribution < 1.29 is 13.5 Å². The summed E-state index contributed by atoms with van der Waals surface area (Å²) >= 11 is 3.18. The number of hydrogen-bond acceptors (Lipinski definition) is 2. The van der Waals surface area contributed by atoms with Crippen LogP contribution in [0.25, 0.3) is 0 Å². The summed E-state index contributed by atoms with van der Waals surface area (Å²) in [6, 6.07) is 7.68. The minimum absolute atomic E-state index is 0.198. The van der Waals surface area contributed by atoms with Crippen LogP contribution in [0.15, 0.2) is 34.8 Å². The highest BCUT2D eigenvalue weighted by atomic mass is 79.9. The van der Waals surface area contributed by atoms with Crippen molar-refractivity contribution in [2.75, 3.05) is 12.4 Å². The Morgan fingerprint density at radius 3 is 2.52 bits per heavy atom. The van der Waals surface area contributed by atoms with E-state index in [4.69, 9.17) is 4.74 Å². The van der Waals surface area contributed by atoms with Gasteiger partial charge in [-0.3, -0.25) is 0 Å². The molecule has 21 heavy (non-hydrogen) atoms. The number of methoxy groups -OCH3 is 1. The van der Waals surface area contributed by atoms with Crippen LogP contribution in [0.2, 0.25) is 0 Å². The maximum atomic E-state index is 13.9. The number of rotatable bonds is 4. The Morgan fingerprint density at radius 2 is 1.90 bits per heavy atom. The summed E-state index contributed by atoms with van der Waals surface area (Å²) in [4.78, 5) is 0. The predicted molar refractivity (Wildman–Crippen MR) is 83.8 cm³/mol. The van der Waals surface area contributed by atoms with Gasteiger partial charge in [-0.05, 0) is 41.9 Å². The fourth-order valence-corrected chi connectivity index (χ4v) is 2.69. The molecule has 0 aliphatic rings. The van der Waals surface area contributed by atoms with Crippen LogP contribution in [0.3, 0.4) is 0 Å². The Bertz CT molecular complexity index is 638. The smallest absolute Gasteiger partial charge is 0.150 e. The third-order valence-corrected chi connectivity index (χ3v) is 3.84. The first-order chi connectivity index (χ1) is 9.92. The SMILES string of the molecule is COc1ccc(C)cc1C(C)Nc1c(F)cc(F)cc1Br. The van der Waals surface area contributed by atoms with E-state index >= 15 is 0 Å². The molecule has 1 atom stereocenters. The second kappa shape index (κ2) is 6.43. The molecule has 0 heterocycles. The minimum atomic E-state index is -0.639. The van der Waals surface area contributed by atoms with Crippen LogP contribution in [0.4, 0.5) is 14.5 Å². The molecule has 0 saturated heterocycles.